The molecule has 0 aromatic rings. The van der Waals surface area contributed by atoms with Crippen molar-refractivity contribution in [2.75, 3.05) is 19.6 Å². The van der Waals surface area contributed by atoms with Crippen LogP contribution in [0.2, 0.25) is 0 Å². The Kier molecular flexibility index (Phi) is 1.46. The molecule has 2 bridgehead atoms. The normalized spacial score (nSPS) is 47.1. The van der Waals surface area contributed by atoms with E-state index >= 15 is 0 Å². The van der Waals surface area contributed by atoms with Gasteiger partial charge in [-0.1, -0.05) is 0 Å². The first-order valence-corrected chi connectivity index (χ1v) is 4.23. The van der Waals surface area contributed by atoms with Gasteiger partial charge in [-0.05, 0) is 32.2 Å². The van der Waals surface area contributed by atoms with Gasteiger partial charge in [0.15, 0.2) is 0 Å². The number of nitrogens with zero attached hydrogens (tertiary/aromatic N) is 1. The first-order valence-electron chi connectivity index (χ1n) is 4.23. The summed E-state index contributed by atoms with van der Waals surface area (Å²) in [7, 11) is 0. The summed E-state index contributed by atoms with van der Waals surface area (Å²) >= 11 is 0. The van der Waals surface area contributed by atoms with Crippen molar-refractivity contribution < 1.29 is 5.11 Å². The maximum Gasteiger partial charge on any atom is 0.0672 e. The molecule has 3 heterocycles. The van der Waals surface area contributed by atoms with E-state index in [-0.39, 0.29) is 5.60 Å². The third kappa shape index (κ3) is 1.06. The Hall–Kier alpha value is -0.0800. The maximum absolute atomic E-state index is 9.87. The summed E-state index contributed by atoms with van der Waals surface area (Å²) in [6, 6.07) is 0. The van der Waals surface area contributed by atoms with E-state index in [1.807, 2.05) is 0 Å². The molecule has 3 rings (SSSR count). The Balaban J connectivity index is 2.11. The van der Waals surface area contributed by atoms with E-state index in [2.05, 4.69) is 4.90 Å². The van der Waals surface area contributed by atoms with E-state index in [0.29, 0.717) is 0 Å². The first kappa shape index (κ1) is 6.62. The molecule has 2 nitrogen and oxygen atoms in total. The quantitative estimate of drug-likeness (QED) is 0.534. The second-order valence-corrected chi connectivity index (χ2v) is 3.67. The molecule has 0 atom stereocenters. The zero-order chi connectivity index (χ0) is 7.03. The topological polar surface area (TPSA) is 23.5 Å². The second kappa shape index (κ2) is 2.21. The highest BCUT2D eigenvalue weighted by atomic mass is 16.3. The Bertz CT molecular complexity index is 122. The first-order chi connectivity index (χ1) is 4.79. The predicted octanol–water partition coefficient (Wildman–Crippen LogP) is 0.607. The van der Waals surface area contributed by atoms with Crippen molar-refractivity contribution in [2.45, 2.75) is 31.3 Å². The Morgan fingerprint density at radius 3 is 2.40 bits per heavy atom. The van der Waals surface area contributed by atoms with Gasteiger partial charge in [-0.2, -0.15) is 0 Å². The summed E-state index contributed by atoms with van der Waals surface area (Å²) in [4.78, 5) is 2.46. The molecule has 10 heavy (non-hydrogen) atoms. The van der Waals surface area contributed by atoms with Crippen molar-refractivity contribution in [1.82, 2.24) is 4.90 Å². The third-order valence-corrected chi connectivity index (χ3v) is 2.90. The van der Waals surface area contributed by atoms with Crippen LogP contribution in [0.25, 0.3) is 0 Å². The number of rotatable bonds is 0. The predicted molar refractivity (Wildman–Crippen MR) is 39.9 cm³/mol. The molecule has 3 aliphatic rings. The lowest BCUT2D eigenvalue weighted by molar-refractivity contribution is -0.00615. The molecule has 0 aromatic carbocycles. The monoisotopic (exact) mass is 141 g/mol. The van der Waals surface area contributed by atoms with Crippen molar-refractivity contribution in [2.24, 2.45) is 0 Å². The Morgan fingerprint density at radius 2 is 1.70 bits per heavy atom. The number of hydrogen-bond donors (Lipinski definition) is 1. The number of fused-ring (bicyclic) bond motifs is 4. The fraction of sp³-hybridized carbons (Fsp3) is 1.00. The van der Waals surface area contributed by atoms with Gasteiger partial charge in [0.25, 0.3) is 0 Å². The van der Waals surface area contributed by atoms with E-state index in [0.717, 1.165) is 32.4 Å². The summed E-state index contributed by atoms with van der Waals surface area (Å²) in [6.45, 7) is 3.45. The average molecular weight is 141 g/mol. The summed E-state index contributed by atoms with van der Waals surface area (Å²) in [5.74, 6) is 0. The highest BCUT2D eigenvalue weighted by Crippen LogP contribution is 2.30. The Morgan fingerprint density at radius 1 is 1.00 bits per heavy atom. The minimum Gasteiger partial charge on any atom is -0.390 e. The van der Waals surface area contributed by atoms with E-state index in [9.17, 15) is 5.11 Å². The fourth-order valence-electron chi connectivity index (χ4n) is 2.07. The van der Waals surface area contributed by atoms with Crippen LogP contribution < -0.4 is 0 Å². The summed E-state index contributed by atoms with van der Waals surface area (Å²) in [6.07, 6.45) is 4.24. The minimum absolute atomic E-state index is 0.271. The molecule has 2 heteroatoms. The minimum atomic E-state index is -0.271. The van der Waals surface area contributed by atoms with Crippen LogP contribution in [-0.4, -0.2) is 35.2 Å². The standard InChI is InChI=1S/C8H15NO/c10-8-2-1-5-9(6-3-8)7-4-8/h10H,1-7H2. The number of piperidine rings is 1. The fourth-order valence-corrected chi connectivity index (χ4v) is 2.07. The third-order valence-electron chi connectivity index (χ3n) is 2.90. The molecule has 3 aliphatic heterocycles. The molecule has 0 radical (unpaired) electrons. The van der Waals surface area contributed by atoms with Gasteiger partial charge in [-0.25, -0.2) is 0 Å². The largest absolute Gasteiger partial charge is 0.390 e. The van der Waals surface area contributed by atoms with Crippen LogP contribution in [0.4, 0.5) is 0 Å². The number of aliphatic hydroxyl groups is 1. The van der Waals surface area contributed by atoms with Crippen molar-refractivity contribution in [3.8, 4) is 0 Å². The van der Waals surface area contributed by atoms with Gasteiger partial charge in [0.05, 0.1) is 5.60 Å². The highest BCUT2D eigenvalue weighted by molar-refractivity contribution is 4.89. The molecular formula is C8H15NO. The van der Waals surface area contributed by atoms with Crippen LogP contribution in [-0.2, 0) is 0 Å². The lowest BCUT2D eigenvalue weighted by Gasteiger charge is -2.33. The van der Waals surface area contributed by atoms with E-state index in [1.54, 1.807) is 0 Å². The molecule has 3 fully saturated rings. The summed E-state index contributed by atoms with van der Waals surface area (Å²) in [5, 5.41) is 9.87. The van der Waals surface area contributed by atoms with Crippen LogP contribution in [0.15, 0.2) is 0 Å². The number of hydrogen-bond acceptors (Lipinski definition) is 2. The van der Waals surface area contributed by atoms with Gasteiger partial charge in [0, 0.05) is 13.1 Å². The summed E-state index contributed by atoms with van der Waals surface area (Å²) < 4.78 is 0. The molecule has 58 valence electrons. The van der Waals surface area contributed by atoms with Crippen LogP contribution in [0.5, 0.6) is 0 Å². The van der Waals surface area contributed by atoms with Gasteiger partial charge < -0.3 is 10.0 Å². The molecule has 0 saturated carbocycles. The highest BCUT2D eigenvalue weighted by Gasteiger charge is 2.34. The van der Waals surface area contributed by atoms with Crippen LogP contribution in [0.3, 0.4) is 0 Å². The van der Waals surface area contributed by atoms with Gasteiger partial charge >= 0.3 is 0 Å². The van der Waals surface area contributed by atoms with Gasteiger partial charge in [0.2, 0.25) is 0 Å². The molecule has 0 aliphatic carbocycles. The molecule has 0 amide bonds. The smallest absolute Gasteiger partial charge is 0.0672 e. The lowest BCUT2D eigenvalue weighted by atomic mass is 9.90. The van der Waals surface area contributed by atoms with Crippen LogP contribution in [0, 0.1) is 0 Å². The van der Waals surface area contributed by atoms with Crippen molar-refractivity contribution in [3.63, 3.8) is 0 Å². The second-order valence-electron chi connectivity index (χ2n) is 3.67. The SMILES string of the molecule is OC12CCCN(CC1)CC2. The molecule has 0 unspecified atom stereocenters. The lowest BCUT2D eigenvalue weighted by Crippen LogP contribution is -2.40. The van der Waals surface area contributed by atoms with E-state index in [4.69, 9.17) is 0 Å². The van der Waals surface area contributed by atoms with Gasteiger partial charge in [-0.3, -0.25) is 0 Å². The molecular weight excluding hydrogens is 126 g/mol. The summed E-state index contributed by atoms with van der Waals surface area (Å²) in [5.41, 5.74) is -0.271. The molecule has 1 N–H and O–H groups in total. The van der Waals surface area contributed by atoms with E-state index in [1.165, 1.54) is 13.0 Å². The van der Waals surface area contributed by atoms with Crippen molar-refractivity contribution >= 4 is 0 Å². The van der Waals surface area contributed by atoms with Crippen LogP contribution >= 0.6 is 0 Å². The molecule has 3 saturated heterocycles. The zero-order valence-corrected chi connectivity index (χ0v) is 6.34. The van der Waals surface area contributed by atoms with Crippen molar-refractivity contribution in [3.05, 3.63) is 0 Å². The Labute approximate surface area is 61.8 Å². The van der Waals surface area contributed by atoms with Gasteiger partial charge in [0.1, 0.15) is 0 Å². The van der Waals surface area contributed by atoms with Crippen LogP contribution in [0.1, 0.15) is 25.7 Å². The average Bonchev–Trinajstić information content (AvgIpc) is 2.19. The molecule has 0 aromatic heterocycles. The maximum atomic E-state index is 9.87. The van der Waals surface area contributed by atoms with Crippen molar-refractivity contribution in [1.29, 1.82) is 0 Å². The zero-order valence-electron chi connectivity index (χ0n) is 6.34. The van der Waals surface area contributed by atoms with E-state index < -0.39 is 0 Å². The van der Waals surface area contributed by atoms with Gasteiger partial charge in [-0.15, -0.1) is 0 Å². The molecule has 0 spiro atoms.